The number of amides is 1. The van der Waals surface area contributed by atoms with Crippen molar-refractivity contribution in [3.05, 3.63) is 18.0 Å². The molecule has 1 unspecified atom stereocenters. The van der Waals surface area contributed by atoms with Gasteiger partial charge in [0, 0.05) is 25.4 Å². The second kappa shape index (κ2) is 4.97. The monoisotopic (exact) mass is 235 g/mol. The Hall–Kier alpha value is -1.87. The normalized spacial score (nSPS) is 12.9. The van der Waals surface area contributed by atoms with E-state index in [0.717, 1.165) is 0 Å². The Morgan fingerprint density at radius 1 is 1.76 bits per heavy atom. The van der Waals surface area contributed by atoms with Crippen LogP contribution in [0.1, 0.15) is 25.5 Å². The fourth-order valence-corrected chi connectivity index (χ4v) is 1.21. The fraction of sp³-hybridized carbons (Fsp3) is 0.545. The highest BCUT2D eigenvalue weighted by Crippen LogP contribution is 2.12. The molecule has 6 heteroatoms. The van der Waals surface area contributed by atoms with E-state index in [1.165, 1.54) is 0 Å². The van der Waals surface area contributed by atoms with Crippen molar-refractivity contribution in [3.8, 4) is 6.07 Å². The van der Waals surface area contributed by atoms with E-state index in [2.05, 4.69) is 16.5 Å². The van der Waals surface area contributed by atoms with Crippen molar-refractivity contribution in [2.45, 2.75) is 19.9 Å². The molecule has 92 valence electrons. The lowest BCUT2D eigenvalue weighted by molar-refractivity contribution is -0.122. The van der Waals surface area contributed by atoms with Crippen molar-refractivity contribution < 1.29 is 4.79 Å². The number of aryl methyl sites for hydroxylation is 1. The molecule has 1 aromatic heterocycles. The van der Waals surface area contributed by atoms with E-state index in [9.17, 15) is 4.79 Å². The number of carbonyl (C=O) groups excluding carboxylic acids is 1. The summed E-state index contributed by atoms with van der Waals surface area (Å²) in [5, 5.41) is 15.4. The van der Waals surface area contributed by atoms with Crippen LogP contribution in [0.15, 0.2) is 12.4 Å². The summed E-state index contributed by atoms with van der Waals surface area (Å²) in [5.41, 5.74) is 5.83. The summed E-state index contributed by atoms with van der Waals surface area (Å²) >= 11 is 0. The van der Waals surface area contributed by atoms with Gasteiger partial charge < -0.3 is 11.1 Å². The third kappa shape index (κ3) is 3.57. The molecule has 1 aromatic rings. The van der Waals surface area contributed by atoms with Crippen LogP contribution in [0.3, 0.4) is 0 Å². The molecule has 1 rings (SSSR count). The van der Waals surface area contributed by atoms with E-state index in [0.29, 0.717) is 5.56 Å². The van der Waals surface area contributed by atoms with Crippen LogP contribution < -0.4 is 11.1 Å². The van der Waals surface area contributed by atoms with Gasteiger partial charge in [0.1, 0.15) is 6.04 Å². The zero-order valence-corrected chi connectivity index (χ0v) is 10.3. The number of nitrogens with zero attached hydrogens (tertiary/aromatic N) is 3. The minimum Gasteiger partial charge on any atom is -0.353 e. The summed E-state index contributed by atoms with van der Waals surface area (Å²) in [4.78, 5) is 11.7. The maximum absolute atomic E-state index is 11.7. The maximum atomic E-state index is 11.7. The van der Waals surface area contributed by atoms with Gasteiger partial charge in [0.05, 0.1) is 17.7 Å². The molecule has 0 aliphatic heterocycles. The van der Waals surface area contributed by atoms with Crippen molar-refractivity contribution in [1.82, 2.24) is 15.1 Å². The van der Waals surface area contributed by atoms with Crippen molar-refractivity contribution in [3.63, 3.8) is 0 Å². The molecule has 17 heavy (non-hydrogen) atoms. The highest BCUT2D eigenvalue weighted by Gasteiger charge is 2.21. The van der Waals surface area contributed by atoms with E-state index in [4.69, 9.17) is 11.0 Å². The Balaban J connectivity index is 2.57. The number of nitriles is 1. The second-order valence-electron chi connectivity index (χ2n) is 4.64. The molecule has 0 saturated carbocycles. The predicted molar refractivity (Wildman–Crippen MR) is 62.5 cm³/mol. The van der Waals surface area contributed by atoms with Crippen LogP contribution >= 0.6 is 0 Å². The molecule has 0 bridgehead atoms. The van der Waals surface area contributed by atoms with Gasteiger partial charge in [0.15, 0.2) is 0 Å². The van der Waals surface area contributed by atoms with Gasteiger partial charge >= 0.3 is 0 Å². The van der Waals surface area contributed by atoms with E-state index >= 15 is 0 Å². The van der Waals surface area contributed by atoms with Crippen LogP contribution in [-0.4, -0.2) is 22.2 Å². The Morgan fingerprint density at radius 3 is 2.88 bits per heavy atom. The van der Waals surface area contributed by atoms with Crippen LogP contribution in [0.4, 0.5) is 0 Å². The molecule has 3 N–H and O–H groups in total. The fourth-order valence-electron chi connectivity index (χ4n) is 1.21. The summed E-state index contributed by atoms with van der Waals surface area (Å²) in [6.45, 7) is 3.78. The zero-order chi connectivity index (χ0) is 13.1. The number of carbonyl (C=O) groups is 1. The summed E-state index contributed by atoms with van der Waals surface area (Å²) in [6, 6.07) is 1.36. The molecule has 0 aliphatic carbocycles. The minimum atomic E-state index is -0.752. The van der Waals surface area contributed by atoms with Gasteiger partial charge in [-0.1, -0.05) is 0 Å². The van der Waals surface area contributed by atoms with Crippen LogP contribution in [-0.2, 0) is 11.8 Å². The molecule has 0 fully saturated rings. The largest absolute Gasteiger partial charge is 0.353 e. The lowest BCUT2D eigenvalue weighted by Crippen LogP contribution is -2.39. The van der Waals surface area contributed by atoms with Crippen molar-refractivity contribution >= 4 is 5.91 Å². The van der Waals surface area contributed by atoms with Crippen LogP contribution in [0.2, 0.25) is 0 Å². The molecule has 6 nitrogen and oxygen atoms in total. The molecule has 0 aromatic carbocycles. The van der Waals surface area contributed by atoms with Gasteiger partial charge in [-0.25, -0.2) is 0 Å². The quantitative estimate of drug-likeness (QED) is 0.772. The first kappa shape index (κ1) is 13.2. The molecular weight excluding hydrogens is 218 g/mol. The topological polar surface area (TPSA) is 96.7 Å². The first-order chi connectivity index (χ1) is 7.85. The SMILES string of the molecule is Cn1cc(C(N)C(=O)NCC(C)(C)C#N)cn1. The third-order valence-electron chi connectivity index (χ3n) is 2.37. The van der Waals surface area contributed by atoms with E-state index in [1.807, 2.05) is 0 Å². The molecule has 0 spiro atoms. The van der Waals surface area contributed by atoms with Gasteiger partial charge in [0.2, 0.25) is 5.91 Å². The molecule has 0 aliphatic rings. The number of hydrogen-bond acceptors (Lipinski definition) is 4. The molecule has 1 heterocycles. The number of nitrogens with two attached hydrogens (primary N) is 1. The Bertz CT molecular complexity index is 443. The number of hydrogen-bond donors (Lipinski definition) is 2. The molecular formula is C11H17N5O. The standard InChI is InChI=1S/C11H17N5O/c1-11(2,6-12)7-14-10(17)9(13)8-4-15-16(3)5-8/h4-5,9H,7,13H2,1-3H3,(H,14,17). The zero-order valence-electron chi connectivity index (χ0n) is 10.3. The first-order valence-corrected chi connectivity index (χ1v) is 5.29. The van der Waals surface area contributed by atoms with Crippen LogP contribution in [0.25, 0.3) is 0 Å². The smallest absolute Gasteiger partial charge is 0.241 e. The maximum Gasteiger partial charge on any atom is 0.241 e. The average Bonchev–Trinajstić information content (AvgIpc) is 2.72. The van der Waals surface area contributed by atoms with Crippen molar-refractivity contribution in [2.75, 3.05) is 6.54 Å². The van der Waals surface area contributed by atoms with E-state index in [-0.39, 0.29) is 12.5 Å². The molecule has 1 amide bonds. The number of nitrogens with one attached hydrogen (secondary N) is 1. The second-order valence-corrected chi connectivity index (χ2v) is 4.64. The average molecular weight is 235 g/mol. The van der Waals surface area contributed by atoms with E-state index < -0.39 is 11.5 Å². The summed E-state index contributed by atoms with van der Waals surface area (Å²) in [7, 11) is 1.76. The van der Waals surface area contributed by atoms with Crippen molar-refractivity contribution in [2.24, 2.45) is 18.2 Å². The number of aromatic nitrogens is 2. The van der Waals surface area contributed by atoms with Crippen LogP contribution in [0.5, 0.6) is 0 Å². The molecule has 0 saturated heterocycles. The van der Waals surface area contributed by atoms with Crippen molar-refractivity contribution in [1.29, 1.82) is 5.26 Å². The van der Waals surface area contributed by atoms with Gasteiger partial charge in [-0.2, -0.15) is 10.4 Å². The van der Waals surface area contributed by atoms with Gasteiger partial charge in [-0.05, 0) is 13.8 Å². The van der Waals surface area contributed by atoms with E-state index in [1.54, 1.807) is 38.0 Å². The van der Waals surface area contributed by atoms with Gasteiger partial charge in [0.25, 0.3) is 0 Å². The predicted octanol–water partition coefficient (Wildman–Crippen LogP) is 0.0859. The highest BCUT2D eigenvalue weighted by molar-refractivity contribution is 5.82. The Kier molecular flexibility index (Phi) is 3.86. The molecule has 0 radical (unpaired) electrons. The lowest BCUT2D eigenvalue weighted by Gasteiger charge is -2.17. The number of rotatable bonds is 4. The Labute approximate surface area is 100 Å². The lowest BCUT2D eigenvalue weighted by atomic mass is 9.96. The minimum absolute atomic E-state index is 0.274. The third-order valence-corrected chi connectivity index (χ3v) is 2.37. The van der Waals surface area contributed by atoms with Gasteiger partial charge in [-0.3, -0.25) is 9.48 Å². The molecule has 1 atom stereocenters. The first-order valence-electron chi connectivity index (χ1n) is 5.29. The van der Waals surface area contributed by atoms with Gasteiger partial charge in [-0.15, -0.1) is 0 Å². The summed E-state index contributed by atoms with van der Waals surface area (Å²) in [5.74, 6) is -0.304. The summed E-state index contributed by atoms with van der Waals surface area (Å²) < 4.78 is 1.59. The highest BCUT2D eigenvalue weighted by atomic mass is 16.2. The Morgan fingerprint density at radius 2 is 2.41 bits per heavy atom. The van der Waals surface area contributed by atoms with Crippen LogP contribution in [0, 0.1) is 16.7 Å². The summed E-state index contributed by atoms with van der Waals surface area (Å²) in [6.07, 6.45) is 3.25.